The number of thiazole rings is 1. The van der Waals surface area contributed by atoms with Gasteiger partial charge in [0.2, 0.25) is 10.0 Å². The number of carbonyl (C=O) groups is 1. The number of rotatable bonds is 6. The second-order valence-corrected chi connectivity index (χ2v) is 12.3. The lowest BCUT2D eigenvalue weighted by Crippen LogP contribution is -2.43. The minimum absolute atomic E-state index is 0.126. The van der Waals surface area contributed by atoms with E-state index in [1.54, 1.807) is 30.9 Å². The van der Waals surface area contributed by atoms with Crippen LogP contribution >= 0.6 is 11.3 Å². The van der Waals surface area contributed by atoms with E-state index in [2.05, 4.69) is 25.5 Å². The summed E-state index contributed by atoms with van der Waals surface area (Å²) in [6, 6.07) is 6.55. The van der Waals surface area contributed by atoms with Crippen LogP contribution in [0.25, 0.3) is 16.9 Å². The fourth-order valence-electron chi connectivity index (χ4n) is 5.09. The molecule has 0 aliphatic carbocycles. The van der Waals surface area contributed by atoms with Gasteiger partial charge in [0, 0.05) is 57.9 Å². The fraction of sp³-hybridized carbons (Fsp3) is 0.360. The van der Waals surface area contributed by atoms with Crippen molar-refractivity contribution < 1.29 is 13.2 Å². The van der Waals surface area contributed by atoms with Gasteiger partial charge in [-0.2, -0.15) is 4.31 Å². The summed E-state index contributed by atoms with van der Waals surface area (Å²) in [7, 11) is -2.06. The molecule has 2 aliphatic heterocycles. The Kier molecular flexibility index (Phi) is 6.71. The molecule has 2 aliphatic rings. The van der Waals surface area contributed by atoms with E-state index in [0.717, 1.165) is 56.0 Å². The molecule has 0 atom stereocenters. The van der Waals surface area contributed by atoms with Crippen molar-refractivity contribution in [3.63, 3.8) is 0 Å². The number of anilines is 2. The van der Waals surface area contributed by atoms with E-state index in [9.17, 15) is 18.0 Å². The van der Waals surface area contributed by atoms with Crippen molar-refractivity contribution in [3.8, 4) is 5.82 Å². The van der Waals surface area contributed by atoms with Crippen LogP contribution in [0.15, 0.2) is 51.7 Å². The Morgan fingerprint density at radius 3 is 2.62 bits per heavy atom. The highest BCUT2D eigenvalue weighted by atomic mass is 32.2. The monoisotopic (exact) mass is 568 g/mol. The Bertz CT molecular complexity index is 1710. The lowest BCUT2D eigenvalue weighted by Gasteiger charge is -2.30. The van der Waals surface area contributed by atoms with Gasteiger partial charge in [0.15, 0.2) is 10.8 Å². The van der Waals surface area contributed by atoms with Crippen LogP contribution in [0, 0.1) is 0 Å². The number of piperazine rings is 1. The van der Waals surface area contributed by atoms with E-state index in [0.29, 0.717) is 29.8 Å². The Balaban J connectivity index is 1.32. The number of fused-ring (bicyclic) bond motifs is 1. The summed E-state index contributed by atoms with van der Waals surface area (Å²) >= 11 is 1.11. The number of sulfonamides is 1. The van der Waals surface area contributed by atoms with Crippen molar-refractivity contribution >= 4 is 49.7 Å². The molecule has 3 aromatic heterocycles. The van der Waals surface area contributed by atoms with Gasteiger partial charge < -0.3 is 15.5 Å². The highest BCUT2D eigenvalue weighted by molar-refractivity contribution is 7.89. The van der Waals surface area contributed by atoms with Gasteiger partial charge in [-0.1, -0.05) is 0 Å². The van der Waals surface area contributed by atoms with Gasteiger partial charge in [-0.3, -0.25) is 14.3 Å². The number of nitrogens with zero attached hydrogens (tertiary/aromatic N) is 6. The molecule has 2 N–H and O–H groups in total. The van der Waals surface area contributed by atoms with Crippen LogP contribution in [0.4, 0.5) is 11.4 Å². The summed E-state index contributed by atoms with van der Waals surface area (Å²) in [6.07, 6.45) is 4.97. The van der Waals surface area contributed by atoms with Crippen LogP contribution in [0.1, 0.15) is 22.6 Å². The van der Waals surface area contributed by atoms with Gasteiger partial charge in [0.1, 0.15) is 0 Å². The number of benzene rings is 1. The molecule has 4 aromatic rings. The molecule has 6 rings (SSSR count). The number of amides is 1. The Hall–Kier alpha value is -3.59. The predicted octanol–water partition coefficient (Wildman–Crippen LogP) is 1.63. The third-order valence-electron chi connectivity index (χ3n) is 7.15. The summed E-state index contributed by atoms with van der Waals surface area (Å²) in [4.78, 5) is 37.3. The molecule has 12 nitrogen and oxygen atoms in total. The zero-order valence-corrected chi connectivity index (χ0v) is 23.0. The number of aryl methyl sites for hydroxylation is 1. The molecule has 39 heavy (non-hydrogen) atoms. The molecule has 2 saturated heterocycles. The molecule has 1 aromatic carbocycles. The number of nitrogens with one attached hydrogen (secondary N) is 2. The SMILES string of the molecule is Cn1c(=O)n(-c2csc(C(=O)Nc3cnccc3N3CCNCC3)n2)c2cc(S(=O)(=O)N3CCCC3)ccc21. The van der Waals surface area contributed by atoms with Crippen LogP contribution in [-0.2, 0) is 17.1 Å². The molecular weight excluding hydrogens is 540 g/mol. The standard InChI is InChI=1S/C25H28N8O4S2/c1-30-20-5-4-17(39(36,37)32-10-2-3-11-32)14-21(20)33(25(30)35)22-16-38-24(29-22)23(34)28-18-15-27-7-6-19(18)31-12-8-26-9-13-31/h4-7,14-16,26H,2-3,8-13H2,1H3,(H,28,34). The van der Waals surface area contributed by atoms with Gasteiger partial charge in [-0.05, 0) is 37.1 Å². The molecule has 0 unspecified atom stereocenters. The quantitative estimate of drug-likeness (QED) is 0.359. The first-order valence-electron chi connectivity index (χ1n) is 12.7. The third-order valence-corrected chi connectivity index (χ3v) is 9.87. The molecule has 14 heteroatoms. The average Bonchev–Trinajstić information content (AvgIpc) is 3.71. The second kappa shape index (κ2) is 10.2. The van der Waals surface area contributed by atoms with Gasteiger partial charge in [0.05, 0.1) is 33.5 Å². The minimum Gasteiger partial charge on any atom is -0.367 e. The van der Waals surface area contributed by atoms with E-state index in [1.807, 2.05) is 6.07 Å². The summed E-state index contributed by atoms with van der Waals surface area (Å²) in [5.41, 5.74) is 2.06. The molecule has 1 amide bonds. The third kappa shape index (κ3) is 4.62. The van der Waals surface area contributed by atoms with Crippen molar-refractivity contribution in [2.24, 2.45) is 7.05 Å². The largest absolute Gasteiger partial charge is 0.367 e. The first-order chi connectivity index (χ1) is 18.8. The summed E-state index contributed by atoms with van der Waals surface area (Å²) in [5.74, 6) is -0.161. The molecule has 0 spiro atoms. The average molecular weight is 569 g/mol. The first-order valence-corrected chi connectivity index (χ1v) is 15.0. The number of pyridine rings is 1. The Morgan fingerprint density at radius 1 is 1.08 bits per heavy atom. The lowest BCUT2D eigenvalue weighted by molar-refractivity contribution is 0.102. The van der Waals surface area contributed by atoms with Crippen LogP contribution < -0.4 is 21.2 Å². The van der Waals surface area contributed by atoms with Crippen LogP contribution in [0.3, 0.4) is 0 Å². The maximum atomic E-state index is 13.2. The summed E-state index contributed by atoms with van der Waals surface area (Å²) in [6.45, 7) is 4.31. The maximum absolute atomic E-state index is 13.2. The topological polar surface area (TPSA) is 134 Å². The Morgan fingerprint density at radius 2 is 1.85 bits per heavy atom. The zero-order valence-electron chi connectivity index (χ0n) is 21.3. The molecule has 0 radical (unpaired) electrons. The molecule has 5 heterocycles. The fourth-order valence-corrected chi connectivity index (χ4v) is 7.31. The van der Waals surface area contributed by atoms with Crippen molar-refractivity contribution in [1.29, 1.82) is 0 Å². The summed E-state index contributed by atoms with van der Waals surface area (Å²) < 4.78 is 30.6. The first kappa shape index (κ1) is 25.7. The van der Waals surface area contributed by atoms with Crippen molar-refractivity contribution in [2.45, 2.75) is 17.7 Å². The summed E-state index contributed by atoms with van der Waals surface area (Å²) in [5, 5.41) is 8.02. The maximum Gasteiger partial charge on any atom is 0.334 e. The normalized spacial score (nSPS) is 16.7. The van der Waals surface area contributed by atoms with E-state index in [1.165, 1.54) is 25.6 Å². The Labute approximate surface area is 228 Å². The number of hydrogen-bond donors (Lipinski definition) is 2. The van der Waals surface area contributed by atoms with Crippen molar-refractivity contribution in [2.75, 3.05) is 49.5 Å². The van der Waals surface area contributed by atoms with Crippen LogP contribution in [-0.4, -0.2) is 77.0 Å². The zero-order chi connectivity index (χ0) is 27.1. The molecule has 0 saturated carbocycles. The smallest absolute Gasteiger partial charge is 0.334 e. The minimum atomic E-state index is -3.68. The predicted molar refractivity (Wildman–Crippen MR) is 149 cm³/mol. The highest BCUT2D eigenvalue weighted by Crippen LogP contribution is 2.28. The van der Waals surface area contributed by atoms with Crippen LogP contribution in [0.5, 0.6) is 0 Å². The number of aromatic nitrogens is 4. The molecule has 204 valence electrons. The van der Waals surface area contributed by atoms with Gasteiger partial charge in [0.25, 0.3) is 5.91 Å². The van der Waals surface area contributed by atoms with E-state index >= 15 is 0 Å². The molecule has 2 fully saturated rings. The van der Waals surface area contributed by atoms with Gasteiger partial charge >= 0.3 is 5.69 Å². The van der Waals surface area contributed by atoms with Crippen molar-refractivity contribution in [3.05, 3.63) is 57.5 Å². The van der Waals surface area contributed by atoms with Gasteiger partial charge in [-0.15, -0.1) is 11.3 Å². The highest BCUT2D eigenvalue weighted by Gasteiger charge is 2.28. The van der Waals surface area contributed by atoms with E-state index in [4.69, 9.17) is 0 Å². The molecular formula is C25H28N8O4S2. The van der Waals surface area contributed by atoms with E-state index < -0.39 is 15.9 Å². The van der Waals surface area contributed by atoms with Crippen LogP contribution in [0.2, 0.25) is 0 Å². The van der Waals surface area contributed by atoms with Gasteiger partial charge in [-0.25, -0.2) is 22.8 Å². The lowest BCUT2D eigenvalue weighted by atomic mass is 10.2. The number of imidazole rings is 1. The molecule has 0 bridgehead atoms. The second-order valence-electron chi connectivity index (χ2n) is 9.53. The van der Waals surface area contributed by atoms with E-state index in [-0.39, 0.29) is 21.4 Å². The number of carbonyl (C=O) groups excluding carboxylic acids is 1. The van der Waals surface area contributed by atoms with Crippen molar-refractivity contribution in [1.82, 2.24) is 28.7 Å². The number of hydrogen-bond acceptors (Lipinski definition) is 9.